The molecule has 0 radical (unpaired) electrons. The van der Waals surface area contributed by atoms with Crippen LogP contribution in [0.2, 0.25) is 10.0 Å². The van der Waals surface area contributed by atoms with Crippen LogP contribution in [0.15, 0.2) is 42.5 Å². The quantitative estimate of drug-likeness (QED) is 0.700. The average Bonchev–Trinajstić information content (AvgIpc) is 3.05. The van der Waals surface area contributed by atoms with Gasteiger partial charge >= 0.3 is 5.97 Å². The molecule has 1 atom stereocenters. The molecule has 29 heavy (non-hydrogen) atoms. The van der Waals surface area contributed by atoms with Gasteiger partial charge in [0, 0.05) is 25.2 Å². The van der Waals surface area contributed by atoms with Crippen LogP contribution in [0.25, 0.3) is 0 Å². The Bertz CT molecular complexity index is 931. The fourth-order valence-corrected chi connectivity index (χ4v) is 3.32. The number of nitrogens with zero attached hydrogens (tertiary/aromatic N) is 1. The number of anilines is 1. The van der Waals surface area contributed by atoms with Crippen molar-refractivity contribution >= 4 is 46.7 Å². The first kappa shape index (κ1) is 21.1. The molecular formula is C21H20Cl2N2O4. The summed E-state index contributed by atoms with van der Waals surface area (Å²) in [6.45, 7) is 2.27. The van der Waals surface area contributed by atoms with Crippen LogP contribution in [0.4, 0.5) is 5.69 Å². The lowest BCUT2D eigenvalue weighted by Crippen LogP contribution is -2.28. The van der Waals surface area contributed by atoms with Crippen LogP contribution in [0, 0.1) is 12.8 Å². The molecule has 1 N–H and O–H groups in total. The van der Waals surface area contributed by atoms with Gasteiger partial charge in [-0.2, -0.15) is 0 Å². The van der Waals surface area contributed by atoms with Crippen molar-refractivity contribution in [3.8, 4) is 0 Å². The van der Waals surface area contributed by atoms with E-state index >= 15 is 0 Å². The summed E-state index contributed by atoms with van der Waals surface area (Å²) in [7, 11) is 0. The van der Waals surface area contributed by atoms with E-state index < -0.39 is 24.4 Å². The lowest BCUT2D eigenvalue weighted by atomic mass is 10.1. The molecule has 3 rings (SSSR count). The van der Waals surface area contributed by atoms with Crippen molar-refractivity contribution in [2.24, 2.45) is 5.92 Å². The van der Waals surface area contributed by atoms with Gasteiger partial charge in [-0.3, -0.25) is 14.4 Å². The Morgan fingerprint density at radius 3 is 2.55 bits per heavy atom. The van der Waals surface area contributed by atoms with E-state index in [4.69, 9.17) is 27.9 Å². The molecule has 2 amide bonds. The summed E-state index contributed by atoms with van der Waals surface area (Å²) in [6, 6.07) is 12.5. The molecule has 0 aromatic heterocycles. The molecule has 0 unspecified atom stereocenters. The van der Waals surface area contributed by atoms with Crippen molar-refractivity contribution in [1.82, 2.24) is 4.90 Å². The first-order valence-electron chi connectivity index (χ1n) is 9.06. The number of ether oxygens (including phenoxy) is 1. The SMILES string of the molecule is Cc1ccc(CN2C[C@H](C(=O)OCC(=O)Nc3ccc(Cl)c(Cl)c3)CC2=O)cc1. The highest BCUT2D eigenvalue weighted by atomic mass is 35.5. The number of carbonyl (C=O) groups is 3. The van der Waals surface area contributed by atoms with E-state index in [1.54, 1.807) is 17.0 Å². The largest absolute Gasteiger partial charge is 0.455 e. The normalized spacial score (nSPS) is 16.0. The topological polar surface area (TPSA) is 75.7 Å². The predicted molar refractivity (Wildman–Crippen MR) is 111 cm³/mol. The van der Waals surface area contributed by atoms with E-state index in [0.29, 0.717) is 22.3 Å². The summed E-state index contributed by atoms with van der Waals surface area (Å²) in [5, 5.41) is 3.25. The van der Waals surface area contributed by atoms with Gasteiger partial charge in [-0.15, -0.1) is 0 Å². The second-order valence-corrected chi connectivity index (χ2v) is 7.76. The van der Waals surface area contributed by atoms with Gasteiger partial charge in [0.05, 0.1) is 16.0 Å². The van der Waals surface area contributed by atoms with Gasteiger partial charge in [0.15, 0.2) is 6.61 Å². The Morgan fingerprint density at radius 2 is 1.86 bits per heavy atom. The third kappa shape index (κ3) is 5.71. The number of hydrogen-bond acceptors (Lipinski definition) is 4. The fraction of sp³-hybridized carbons (Fsp3) is 0.286. The minimum atomic E-state index is -0.578. The molecule has 1 saturated heterocycles. The zero-order chi connectivity index (χ0) is 21.0. The Kier molecular flexibility index (Phi) is 6.77. The van der Waals surface area contributed by atoms with Gasteiger partial charge in [0.25, 0.3) is 5.91 Å². The summed E-state index contributed by atoms with van der Waals surface area (Å²) < 4.78 is 5.09. The number of aryl methyl sites for hydroxylation is 1. The number of likely N-dealkylation sites (tertiary alicyclic amines) is 1. The van der Waals surface area contributed by atoms with Gasteiger partial charge in [-0.05, 0) is 30.7 Å². The average molecular weight is 435 g/mol. The number of esters is 1. The van der Waals surface area contributed by atoms with Crippen molar-refractivity contribution in [1.29, 1.82) is 0 Å². The lowest BCUT2D eigenvalue weighted by molar-refractivity contribution is -0.151. The molecule has 2 aromatic rings. The van der Waals surface area contributed by atoms with Crippen molar-refractivity contribution < 1.29 is 19.1 Å². The minimum Gasteiger partial charge on any atom is -0.455 e. The molecule has 6 nitrogen and oxygen atoms in total. The summed E-state index contributed by atoms with van der Waals surface area (Å²) in [6.07, 6.45) is 0.0824. The van der Waals surface area contributed by atoms with Crippen molar-refractivity contribution in [2.75, 3.05) is 18.5 Å². The Balaban J connectivity index is 1.47. The molecule has 2 aromatic carbocycles. The molecule has 1 aliphatic rings. The third-order valence-corrected chi connectivity index (χ3v) is 5.33. The first-order chi connectivity index (χ1) is 13.8. The third-order valence-electron chi connectivity index (χ3n) is 4.59. The maximum Gasteiger partial charge on any atom is 0.311 e. The lowest BCUT2D eigenvalue weighted by Gasteiger charge is -2.16. The van der Waals surface area contributed by atoms with Crippen molar-refractivity contribution in [2.45, 2.75) is 19.9 Å². The molecule has 0 saturated carbocycles. The van der Waals surface area contributed by atoms with Gasteiger partial charge in [-0.25, -0.2) is 0 Å². The number of rotatable bonds is 6. The standard InChI is InChI=1S/C21H20Cl2N2O4/c1-13-2-4-14(5-3-13)10-25-11-15(8-20(25)27)21(28)29-12-19(26)24-16-6-7-17(22)18(23)9-16/h2-7,9,15H,8,10-12H2,1H3,(H,24,26)/t15-/m1/s1. The monoisotopic (exact) mass is 434 g/mol. The van der Waals surface area contributed by atoms with E-state index in [0.717, 1.165) is 11.1 Å². The van der Waals surface area contributed by atoms with Crippen LogP contribution >= 0.6 is 23.2 Å². The van der Waals surface area contributed by atoms with Crippen molar-refractivity contribution in [3.63, 3.8) is 0 Å². The maximum atomic E-state index is 12.3. The van der Waals surface area contributed by atoms with E-state index in [1.807, 2.05) is 31.2 Å². The summed E-state index contributed by atoms with van der Waals surface area (Å²) in [5.74, 6) is -1.75. The van der Waals surface area contributed by atoms with E-state index in [2.05, 4.69) is 5.32 Å². The van der Waals surface area contributed by atoms with Crippen molar-refractivity contribution in [3.05, 3.63) is 63.6 Å². The van der Waals surface area contributed by atoms with Crippen LogP contribution in [0.5, 0.6) is 0 Å². The molecule has 1 aliphatic heterocycles. The van der Waals surface area contributed by atoms with Gasteiger partial charge in [0.1, 0.15) is 0 Å². The van der Waals surface area contributed by atoms with Crippen LogP contribution < -0.4 is 5.32 Å². The second kappa shape index (κ2) is 9.29. The molecule has 152 valence electrons. The smallest absolute Gasteiger partial charge is 0.311 e. The molecule has 8 heteroatoms. The van der Waals surface area contributed by atoms with Gasteiger partial charge < -0.3 is 15.0 Å². The van der Waals surface area contributed by atoms with Crippen LogP contribution in [-0.4, -0.2) is 35.8 Å². The predicted octanol–water partition coefficient (Wildman–Crippen LogP) is 3.83. The zero-order valence-corrected chi connectivity index (χ0v) is 17.3. The molecule has 0 bridgehead atoms. The van der Waals surface area contributed by atoms with E-state index in [1.165, 1.54) is 6.07 Å². The molecular weight excluding hydrogens is 415 g/mol. The van der Waals surface area contributed by atoms with E-state index in [-0.39, 0.29) is 18.9 Å². The number of hydrogen-bond donors (Lipinski definition) is 1. The second-order valence-electron chi connectivity index (χ2n) is 6.95. The van der Waals surface area contributed by atoms with Gasteiger partial charge in [-0.1, -0.05) is 53.0 Å². The number of halogens is 2. The zero-order valence-electron chi connectivity index (χ0n) is 15.8. The summed E-state index contributed by atoms with van der Waals surface area (Å²) >= 11 is 11.7. The molecule has 0 aliphatic carbocycles. The number of amides is 2. The van der Waals surface area contributed by atoms with E-state index in [9.17, 15) is 14.4 Å². The van der Waals surface area contributed by atoms with Crippen LogP contribution in [0.3, 0.4) is 0 Å². The number of carbonyl (C=O) groups excluding carboxylic acids is 3. The molecule has 0 spiro atoms. The molecule has 1 heterocycles. The molecule has 1 fully saturated rings. The fourth-order valence-electron chi connectivity index (χ4n) is 3.02. The van der Waals surface area contributed by atoms with Gasteiger partial charge in [0.2, 0.25) is 5.91 Å². The minimum absolute atomic E-state index is 0.0824. The summed E-state index contributed by atoms with van der Waals surface area (Å²) in [5.41, 5.74) is 2.59. The summed E-state index contributed by atoms with van der Waals surface area (Å²) in [4.78, 5) is 38.1. The highest BCUT2D eigenvalue weighted by Gasteiger charge is 2.35. The number of nitrogens with one attached hydrogen (secondary N) is 1. The maximum absolute atomic E-state index is 12.3. The van der Waals surface area contributed by atoms with Crippen LogP contribution in [0.1, 0.15) is 17.5 Å². The Hall–Kier alpha value is -2.57. The Morgan fingerprint density at radius 1 is 1.14 bits per heavy atom. The number of benzene rings is 2. The highest BCUT2D eigenvalue weighted by Crippen LogP contribution is 2.25. The first-order valence-corrected chi connectivity index (χ1v) is 9.82. The highest BCUT2D eigenvalue weighted by molar-refractivity contribution is 6.42. The van der Waals surface area contributed by atoms with Crippen LogP contribution in [-0.2, 0) is 25.7 Å². The Labute approximate surface area is 178 Å².